The van der Waals surface area contributed by atoms with Gasteiger partial charge in [-0.1, -0.05) is 6.07 Å². The van der Waals surface area contributed by atoms with Crippen LogP contribution in [0.2, 0.25) is 0 Å². The molecular weight excluding hydrogens is 348 g/mol. The highest BCUT2D eigenvalue weighted by atomic mass is 32.1. The Morgan fingerprint density at radius 3 is 2.54 bits per heavy atom. The molecule has 1 saturated heterocycles. The summed E-state index contributed by atoms with van der Waals surface area (Å²) in [6, 6.07) is 3.10. The lowest BCUT2D eigenvalue weighted by Gasteiger charge is -2.21. The second kappa shape index (κ2) is 6.80. The zero-order chi connectivity index (χ0) is 17.3. The first-order valence-corrected chi connectivity index (χ1v) is 9.01. The fourth-order valence-electron chi connectivity index (χ4n) is 2.42. The van der Waals surface area contributed by atoms with Crippen molar-refractivity contribution in [1.29, 1.82) is 0 Å². The van der Waals surface area contributed by atoms with Crippen LogP contribution < -0.4 is 0 Å². The summed E-state index contributed by atoms with van der Waals surface area (Å²) in [5.74, 6) is -1.55. The molecular formula is C15H16N4O3S2. The van der Waals surface area contributed by atoms with Gasteiger partial charge in [0.25, 0.3) is 0 Å². The van der Waals surface area contributed by atoms with E-state index in [1.165, 1.54) is 11.3 Å². The number of rotatable bonds is 6. The Kier molecular flexibility index (Phi) is 4.74. The van der Waals surface area contributed by atoms with Crippen LogP contribution >= 0.6 is 22.7 Å². The molecule has 0 spiro atoms. The van der Waals surface area contributed by atoms with Gasteiger partial charge in [-0.15, -0.1) is 22.7 Å². The van der Waals surface area contributed by atoms with Crippen LogP contribution in [0.15, 0.2) is 22.9 Å². The maximum atomic E-state index is 12.4. The average molecular weight is 364 g/mol. The molecule has 0 radical (unpaired) electrons. The second-order valence-electron chi connectivity index (χ2n) is 5.50. The van der Waals surface area contributed by atoms with Gasteiger partial charge in [0.15, 0.2) is 0 Å². The number of imide groups is 2. The predicted molar refractivity (Wildman–Crippen MR) is 90.3 cm³/mol. The molecule has 2 aromatic heterocycles. The van der Waals surface area contributed by atoms with Gasteiger partial charge in [-0.25, -0.2) is 14.7 Å². The van der Waals surface area contributed by atoms with E-state index in [2.05, 4.69) is 4.98 Å². The van der Waals surface area contributed by atoms with Crippen molar-refractivity contribution in [1.82, 2.24) is 19.7 Å². The molecule has 3 rings (SSSR count). The van der Waals surface area contributed by atoms with Crippen LogP contribution in [0.5, 0.6) is 0 Å². The first-order chi connectivity index (χ1) is 11.5. The zero-order valence-corrected chi connectivity index (χ0v) is 14.9. The van der Waals surface area contributed by atoms with Crippen molar-refractivity contribution in [2.45, 2.75) is 20.0 Å². The molecule has 1 aliphatic rings. The molecule has 0 unspecified atom stereocenters. The molecule has 0 aliphatic carbocycles. The lowest BCUT2D eigenvalue weighted by molar-refractivity contribution is -0.144. The number of thiophene rings is 1. The van der Waals surface area contributed by atoms with Gasteiger partial charge in [-0.3, -0.25) is 19.4 Å². The van der Waals surface area contributed by atoms with Crippen LogP contribution in [0.3, 0.4) is 0 Å². The van der Waals surface area contributed by atoms with Crippen LogP contribution in [0, 0.1) is 6.92 Å². The molecule has 126 valence electrons. The van der Waals surface area contributed by atoms with E-state index < -0.39 is 17.8 Å². The van der Waals surface area contributed by atoms with Gasteiger partial charge in [0.1, 0.15) is 0 Å². The van der Waals surface area contributed by atoms with Crippen molar-refractivity contribution in [3.05, 3.63) is 38.5 Å². The number of aryl methyl sites for hydroxylation is 1. The summed E-state index contributed by atoms with van der Waals surface area (Å²) in [6.07, 6.45) is 0. The quantitative estimate of drug-likeness (QED) is 0.578. The third-order valence-electron chi connectivity index (χ3n) is 3.51. The summed E-state index contributed by atoms with van der Waals surface area (Å²) in [6.45, 7) is 2.61. The average Bonchev–Trinajstić information content (AvgIpc) is 3.23. The third kappa shape index (κ3) is 3.37. The van der Waals surface area contributed by atoms with E-state index in [0.717, 1.165) is 25.4 Å². The minimum Gasteiger partial charge on any atom is -0.283 e. The Bertz CT molecular complexity index is 772. The number of nitrogens with zero attached hydrogens (tertiary/aromatic N) is 4. The van der Waals surface area contributed by atoms with Crippen molar-refractivity contribution >= 4 is 40.5 Å². The Morgan fingerprint density at radius 1 is 1.17 bits per heavy atom. The summed E-state index contributed by atoms with van der Waals surface area (Å²) in [5.41, 5.74) is 0.876. The van der Waals surface area contributed by atoms with Crippen LogP contribution in [0.25, 0.3) is 0 Å². The number of thiazole rings is 1. The highest BCUT2D eigenvalue weighted by Gasteiger charge is 2.44. The second-order valence-corrected chi connectivity index (χ2v) is 7.59. The number of amides is 4. The molecule has 0 aromatic carbocycles. The van der Waals surface area contributed by atoms with Crippen molar-refractivity contribution in [3.63, 3.8) is 0 Å². The largest absolute Gasteiger partial charge is 0.335 e. The SMILES string of the molecule is Cc1nc(CN(C)CN2C(=O)C(=O)N(Cc3cccs3)C2=O)cs1. The summed E-state index contributed by atoms with van der Waals surface area (Å²) >= 11 is 2.99. The van der Waals surface area contributed by atoms with E-state index in [-0.39, 0.29) is 13.2 Å². The number of carbonyl (C=O) groups excluding carboxylic acids is 3. The number of hydrogen-bond donors (Lipinski definition) is 0. The van der Waals surface area contributed by atoms with E-state index in [1.54, 1.807) is 23.3 Å². The number of aromatic nitrogens is 1. The normalized spacial score (nSPS) is 15.2. The highest BCUT2D eigenvalue weighted by molar-refractivity contribution is 7.10. The Hall–Kier alpha value is -2.10. The Balaban J connectivity index is 1.65. The van der Waals surface area contributed by atoms with Gasteiger partial charge >= 0.3 is 17.8 Å². The minimum absolute atomic E-state index is 0.0565. The topological polar surface area (TPSA) is 73.8 Å². The standard InChI is InChI=1S/C15H16N4O3S2/c1-10-16-11(8-24-10)6-17(2)9-19-14(21)13(20)18(15(19)22)7-12-4-3-5-23-12/h3-5,8H,6-7,9H2,1-2H3. The molecule has 24 heavy (non-hydrogen) atoms. The zero-order valence-electron chi connectivity index (χ0n) is 13.3. The van der Waals surface area contributed by atoms with Gasteiger partial charge in [-0.05, 0) is 25.4 Å². The molecule has 1 fully saturated rings. The van der Waals surface area contributed by atoms with Crippen molar-refractivity contribution in [3.8, 4) is 0 Å². The van der Waals surface area contributed by atoms with Crippen LogP contribution in [-0.2, 0) is 22.7 Å². The van der Waals surface area contributed by atoms with Crippen molar-refractivity contribution in [2.24, 2.45) is 0 Å². The van der Waals surface area contributed by atoms with Crippen molar-refractivity contribution in [2.75, 3.05) is 13.7 Å². The predicted octanol–water partition coefficient (Wildman–Crippen LogP) is 1.89. The van der Waals surface area contributed by atoms with Gasteiger partial charge in [0.05, 0.1) is 23.9 Å². The summed E-state index contributed by atoms with van der Waals surface area (Å²) in [5, 5.41) is 4.76. The molecule has 7 nitrogen and oxygen atoms in total. The fourth-order valence-corrected chi connectivity index (χ4v) is 3.72. The smallest absolute Gasteiger partial charge is 0.283 e. The molecule has 9 heteroatoms. The monoisotopic (exact) mass is 364 g/mol. The van der Waals surface area contributed by atoms with E-state index in [1.807, 2.05) is 29.8 Å². The van der Waals surface area contributed by atoms with E-state index >= 15 is 0 Å². The lowest BCUT2D eigenvalue weighted by Crippen LogP contribution is -2.40. The van der Waals surface area contributed by atoms with Gasteiger partial charge < -0.3 is 0 Å². The van der Waals surface area contributed by atoms with Gasteiger partial charge in [0.2, 0.25) is 0 Å². The van der Waals surface area contributed by atoms with Gasteiger partial charge in [-0.2, -0.15) is 0 Å². The Labute approximate surface area is 147 Å². The van der Waals surface area contributed by atoms with E-state index in [4.69, 9.17) is 0 Å². The third-order valence-corrected chi connectivity index (χ3v) is 5.19. The first kappa shape index (κ1) is 16.7. The minimum atomic E-state index is -0.780. The molecule has 1 aliphatic heterocycles. The van der Waals surface area contributed by atoms with Crippen LogP contribution in [0.1, 0.15) is 15.6 Å². The van der Waals surface area contributed by atoms with Gasteiger partial charge in [0, 0.05) is 16.8 Å². The Morgan fingerprint density at radius 2 is 1.92 bits per heavy atom. The molecule has 0 N–H and O–H groups in total. The molecule has 2 aromatic rings. The fraction of sp³-hybridized carbons (Fsp3) is 0.333. The lowest BCUT2D eigenvalue weighted by atomic mass is 10.4. The molecule has 4 amide bonds. The maximum Gasteiger partial charge on any atom is 0.335 e. The molecule has 0 atom stereocenters. The maximum absolute atomic E-state index is 12.4. The molecule has 3 heterocycles. The van der Waals surface area contributed by atoms with E-state index in [0.29, 0.717) is 6.54 Å². The molecule has 0 bridgehead atoms. The summed E-state index contributed by atoms with van der Waals surface area (Å²) in [7, 11) is 1.78. The summed E-state index contributed by atoms with van der Waals surface area (Å²) in [4.78, 5) is 45.6. The van der Waals surface area contributed by atoms with Crippen molar-refractivity contribution < 1.29 is 14.4 Å². The highest BCUT2D eigenvalue weighted by Crippen LogP contribution is 2.19. The number of urea groups is 1. The number of hydrogen-bond acceptors (Lipinski definition) is 7. The van der Waals surface area contributed by atoms with E-state index in [9.17, 15) is 14.4 Å². The van der Waals surface area contributed by atoms with Crippen LogP contribution in [0.4, 0.5) is 4.79 Å². The molecule has 0 saturated carbocycles. The summed E-state index contributed by atoms with van der Waals surface area (Å²) < 4.78 is 0. The number of carbonyl (C=O) groups is 3. The first-order valence-electron chi connectivity index (χ1n) is 7.25. The van der Waals surface area contributed by atoms with Crippen LogP contribution in [-0.4, -0.2) is 51.2 Å².